The van der Waals surface area contributed by atoms with Crippen molar-refractivity contribution in [3.8, 4) is 11.5 Å². The standard InChI is InChI=1S/C13H22N2O3/c1-5-13(2,16)8-15-10-7-12(18-4)11(17-3)6-9(10)14/h6-7,15-16H,5,8,14H2,1-4H3. The number of aliphatic hydroxyl groups is 1. The van der Waals surface area contributed by atoms with E-state index >= 15 is 0 Å². The van der Waals surface area contributed by atoms with Crippen molar-refractivity contribution in [3.05, 3.63) is 12.1 Å². The maximum absolute atomic E-state index is 9.94. The summed E-state index contributed by atoms with van der Waals surface area (Å²) in [6, 6.07) is 3.46. The summed E-state index contributed by atoms with van der Waals surface area (Å²) in [7, 11) is 3.13. The molecule has 102 valence electrons. The van der Waals surface area contributed by atoms with Gasteiger partial charge in [-0.05, 0) is 13.3 Å². The van der Waals surface area contributed by atoms with Crippen LogP contribution in [0.15, 0.2) is 12.1 Å². The fourth-order valence-corrected chi connectivity index (χ4v) is 1.46. The molecule has 0 fully saturated rings. The second-order valence-corrected chi connectivity index (χ2v) is 4.50. The predicted molar refractivity (Wildman–Crippen MR) is 73.4 cm³/mol. The average molecular weight is 254 g/mol. The van der Waals surface area contributed by atoms with Crippen LogP contribution >= 0.6 is 0 Å². The number of methoxy groups -OCH3 is 2. The largest absolute Gasteiger partial charge is 0.493 e. The fourth-order valence-electron chi connectivity index (χ4n) is 1.46. The fraction of sp³-hybridized carbons (Fsp3) is 0.538. The van der Waals surface area contributed by atoms with Crippen LogP contribution < -0.4 is 20.5 Å². The minimum absolute atomic E-state index is 0.420. The third-order valence-corrected chi connectivity index (χ3v) is 2.98. The van der Waals surface area contributed by atoms with Gasteiger partial charge in [0.1, 0.15) is 0 Å². The quantitative estimate of drug-likeness (QED) is 0.675. The summed E-state index contributed by atoms with van der Waals surface area (Å²) in [5, 5.41) is 13.1. The highest BCUT2D eigenvalue weighted by molar-refractivity contribution is 5.72. The highest BCUT2D eigenvalue weighted by Crippen LogP contribution is 2.34. The second-order valence-electron chi connectivity index (χ2n) is 4.50. The van der Waals surface area contributed by atoms with Crippen LogP contribution in [0.4, 0.5) is 11.4 Å². The molecule has 1 aromatic rings. The van der Waals surface area contributed by atoms with E-state index in [0.29, 0.717) is 30.2 Å². The summed E-state index contributed by atoms with van der Waals surface area (Å²) >= 11 is 0. The number of nitrogens with two attached hydrogens (primary N) is 1. The Morgan fingerprint density at radius 2 is 1.83 bits per heavy atom. The van der Waals surface area contributed by atoms with Crippen LogP contribution in [-0.2, 0) is 0 Å². The van der Waals surface area contributed by atoms with Gasteiger partial charge in [-0.1, -0.05) is 6.92 Å². The van der Waals surface area contributed by atoms with Crippen LogP contribution in [0, 0.1) is 0 Å². The first-order chi connectivity index (χ1) is 8.43. The number of nitrogens with one attached hydrogen (secondary N) is 1. The lowest BCUT2D eigenvalue weighted by Crippen LogP contribution is -2.32. The molecule has 1 unspecified atom stereocenters. The van der Waals surface area contributed by atoms with Crippen LogP contribution in [0.5, 0.6) is 11.5 Å². The summed E-state index contributed by atoms with van der Waals surface area (Å²) in [4.78, 5) is 0. The highest BCUT2D eigenvalue weighted by Gasteiger charge is 2.18. The van der Waals surface area contributed by atoms with Crippen molar-refractivity contribution in [2.24, 2.45) is 0 Å². The lowest BCUT2D eigenvalue weighted by Gasteiger charge is -2.23. The van der Waals surface area contributed by atoms with Crippen molar-refractivity contribution in [3.63, 3.8) is 0 Å². The van der Waals surface area contributed by atoms with E-state index in [-0.39, 0.29) is 0 Å². The summed E-state index contributed by atoms with van der Waals surface area (Å²) in [6.07, 6.45) is 0.660. The molecule has 5 heteroatoms. The molecule has 1 atom stereocenters. The summed E-state index contributed by atoms with van der Waals surface area (Å²) in [5.74, 6) is 1.19. The molecule has 0 bridgehead atoms. The van der Waals surface area contributed by atoms with Crippen molar-refractivity contribution in [1.82, 2.24) is 0 Å². The van der Waals surface area contributed by atoms with Gasteiger partial charge in [0.15, 0.2) is 11.5 Å². The molecule has 18 heavy (non-hydrogen) atoms. The summed E-state index contributed by atoms with van der Waals surface area (Å²) < 4.78 is 10.4. The van der Waals surface area contributed by atoms with E-state index in [4.69, 9.17) is 15.2 Å². The van der Waals surface area contributed by atoms with Crippen LogP contribution in [0.2, 0.25) is 0 Å². The van der Waals surface area contributed by atoms with Crippen molar-refractivity contribution in [1.29, 1.82) is 0 Å². The van der Waals surface area contributed by atoms with Gasteiger partial charge in [-0.2, -0.15) is 0 Å². The van der Waals surface area contributed by atoms with Crippen molar-refractivity contribution >= 4 is 11.4 Å². The maximum atomic E-state index is 9.94. The molecular weight excluding hydrogens is 232 g/mol. The van der Waals surface area contributed by atoms with Gasteiger partial charge in [0.2, 0.25) is 0 Å². The Morgan fingerprint density at radius 1 is 1.28 bits per heavy atom. The van der Waals surface area contributed by atoms with Crippen LogP contribution in [0.1, 0.15) is 20.3 Å². The Balaban J connectivity index is 2.89. The molecule has 4 N–H and O–H groups in total. The Bertz CT molecular complexity index is 405. The predicted octanol–water partition coefficient (Wildman–Crippen LogP) is 1.86. The normalized spacial score (nSPS) is 13.8. The molecular formula is C13H22N2O3. The Morgan fingerprint density at radius 3 is 2.33 bits per heavy atom. The molecule has 0 saturated carbocycles. The van der Waals surface area contributed by atoms with Gasteiger partial charge in [-0.25, -0.2) is 0 Å². The summed E-state index contributed by atoms with van der Waals surface area (Å²) in [6.45, 7) is 4.12. The lowest BCUT2D eigenvalue weighted by molar-refractivity contribution is 0.0697. The monoisotopic (exact) mass is 254 g/mol. The molecule has 0 saturated heterocycles. The zero-order chi connectivity index (χ0) is 13.8. The minimum Gasteiger partial charge on any atom is -0.493 e. The molecule has 5 nitrogen and oxygen atoms in total. The summed E-state index contributed by atoms with van der Waals surface area (Å²) in [5.41, 5.74) is 6.43. The number of rotatable bonds is 6. The van der Waals surface area contributed by atoms with Crippen molar-refractivity contribution in [2.45, 2.75) is 25.9 Å². The van der Waals surface area contributed by atoms with Gasteiger partial charge >= 0.3 is 0 Å². The van der Waals surface area contributed by atoms with E-state index in [0.717, 1.165) is 5.69 Å². The van der Waals surface area contributed by atoms with Crippen LogP contribution in [0.3, 0.4) is 0 Å². The molecule has 0 spiro atoms. The molecule has 0 radical (unpaired) electrons. The van der Waals surface area contributed by atoms with E-state index in [9.17, 15) is 5.11 Å². The smallest absolute Gasteiger partial charge is 0.162 e. The van der Waals surface area contributed by atoms with Gasteiger partial charge in [0, 0.05) is 18.7 Å². The molecule has 0 aromatic heterocycles. The SMILES string of the molecule is CCC(C)(O)CNc1cc(OC)c(OC)cc1N. The Labute approximate surface area is 108 Å². The average Bonchev–Trinajstić information content (AvgIpc) is 2.36. The van der Waals surface area contributed by atoms with Crippen molar-refractivity contribution in [2.75, 3.05) is 31.8 Å². The van der Waals surface area contributed by atoms with Gasteiger partial charge in [-0.3, -0.25) is 0 Å². The van der Waals surface area contributed by atoms with E-state index in [1.54, 1.807) is 33.3 Å². The molecule has 0 aliphatic heterocycles. The first-order valence-electron chi connectivity index (χ1n) is 5.91. The zero-order valence-electron chi connectivity index (χ0n) is 11.4. The first kappa shape index (κ1) is 14.4. The van der Waals surface area contributed by atoms with Gasteiger partial charge in [0.05, 0.1) is 31.2 Å². The number of hydrogen-bond acceptors (Lipinski definition) is 5. The van der Waals surface area contributed by atoms with Crippen molar-refractivity contribution < 1.29 is 14.6 Å². The molecule has 0 aliphatic carbocycles. The molecule has 0 aliphatic rings. The van der Waals surface area contributed by atoms with Gasteiger partial charge in [0.25, 0.3) is 0 Å². The number of hydrogen-bond donors (Lipinski definition) is 3. The molecule has 1 rings (SSSR count). The van der Waals surface area contributed by atoms with Gasteiger partial charge < -0.3 is 25.6 Å². The Hall–Kier alpha value is -1.62. The molecule has 0 amide bonds. The topological polar surface area (TPSA) is 76.7 Å². The molecule has 1 aromatic carbocycles. The third kappa shape index (κ3) is 3.43. The molecule has 0 heterocycles. The van der Waals surface area contributed by atoms with E-state index in [1.165, 1.54) is 0 Å². The zero-order valence-corrected chi connectivity index (χ0v) is 11.4. The number of anilines is 2. The number of benzene rings is 1. The minimum atomic E-state index is -0.764. The van der Waals surface area contributed by atoms with Gasteiger partial charge in [-0.15, -0.1) is 0 Å². The van der Waals surface area contributed by atoms with Crippen LogP contribution in [-0.4, -0.2) is 31.5 Å². The third-order valence-electron chi connectivity index (χ3n) is 2.98. The lowest BCUT2D eigenvalue weighted by atomic mass is 10.0. The second kappa shape index (κ2) is 5.82. The van der Waals surface area contributed by atoms with E-state index < -0.39 is 5.60 Å². The van der Waals surface area contributed by atoms with E-state index in [2.05, 4.69) is 5.32 Å². The van der Waals surface area contributed by atoms with Crippen LogP contribution in [0.25, 0.3) is 0 Å². The Kier molecular flexibility index (Phi) is 4.67. The number of ether oxygens (including phenoxy) is 2. The first-order valence-corrected chi connectivity index (χ1v) is 5.91. The number of nitrogen functional groups attached to an aromatic ring is 1. The van der Waals surface area contributed by atoms with E-state index in [1.807, 2.05) is 6.92 Å². The highest BCUT2D eigenvalue weighted by atomic mass is 16.5. The maximum Gasteiger partial charge on any atom is 0.162 e.